The van der Waals surface area contributed by atoms with E-state index >= 15 is 0 Å². The fourth-order valence-electron chi connectivity index (χ4n) is 5.20. The molecule has 0 bridgehead atoms. The average molecular weight is 625 g/mol. The Labute approximate surface area is 259 Å². The van der Waals surface area contributed by atoms with Crippen molar-refractivity contribution in [1.29, 1.82) is 0 Å². The standard InChI is InChI=1S/C32H64O11/c1-3-5-7-9-11-13-15-17-19-40-22-24(34)27(35)29(37)26(41-20-18-16-14-12-10-8-6-4-2)23-42-32-31(39)30(38)28(36)25(21-33)43-32/h24-39H,3-23H2,1-2H3/t24-,25+,26+,27+,28-,29+,30-,31+,32-/m0/s1. The first-order chi connectivity index (χ1) is 20.8. The van der Waals surface area contributed by atoms with Crippen LogP contribution in [0.1, 0.15) is 117 Å². The van der Waals surface area contributed by atoms with Crippen LogP contribution in [0, 0.1) is 0 Å². The number of ether oxygens (including phenoxy) is 4. The Morgan fingerprint density at radius 2 is 1.12 bits per heavy atom. The van der Waals surface area contributed by atoms with Gasteiger partial charge in [-0.2, -0.15) is 0 Å². The molecule has 0 amide bonds. The van der Waals surface area contributed by atoms with E-state index < -0.39 is 61.7 Å². The molecule has 1 fully saturated rings. The third-order valence-electron chi connectivity index (χ3n) is 8.16. The summed E-state index contributed by atoms with van der Waals surface area (Å²) in [6, 6.07) is 0. The first kappa shape index (κ1) is 40.6. The molecule has 0 radical (unpaired) electrons. The van der Waals surface area contributed by atoms with Crippen LogP contribution in [0.4, 0.5) is 0 Å². The van der Waals surface area contributed by atoms with Crippen molar-refractivity contribution < 1.29 is 54.7 Å². The number of unbranched alkanes of at least 4 members (excludes halogenated alkanes) is 14. The lowest BCUT2D eigenvalue weighted by Crippen LogP contribution is -2.59. The van der Waals surface area contributed by atoms with Crippen LogP contribution >= 0.6 is 0 Å². The van der Waals surface area contributed by atoms with E-state index in [1.54, 1.807) is 0 Å². The summed E-state index contributed by atoms with van der Waals surface area (Å²) in [5, 5.41) is 71.9. The van der Waals surface area contributed by atoms with Crippen molar-refractivity contribution in [2.24, 2.45) is 0 Å². The van der Waals surface area contributed by atoms with Crippen molar-refractivity contribution in [2.45, 2.75) is 172 Å². The van der Waals surface area contributed by atoms with Gasteiger partial charge in [0, 0.05) is 13.2 Å². The van der Waals surface area contributed by atoms with Crippen molar-refractivity contribution >= 4 is 0 Å². The quantitative estimate of drug-likeness (QED) is 0.0637. The summed E-state index contributed by atoms with van der Waals surface area (Å²) in [6.07, 6.45) is 5.20. The SMILES string of the molecule is CCCCCCCCCCOC[C@H](O)[C@@H](O)[C@H](O)[C@@H](CO[C@H]1O[C@H](CO)[C@H](O)[C@H](O)[C@H]1O)OCCCCCCCCCC. The van der Waals surface area contributed by atoms with E-state index in [2.05, 4.69) is 13.8 Å². The second kappa shape index (κ2) is 25.7. The zero-order valence-electron chi connectivity index (χ0n) is 26.8. The minimum Gasteiger partial charge on any atom is -0.394 e. The van der Waals surface area contributed by atoms with E-state index in [9.17, 15) is 35.7 Å². The van der Waals surface area contributed by atoms with Crippen LogP contribution in [-0.4, -0.2) is 124 Å². The molecule has 11 heteroatoms. The summed E-state index contributed by atoms with van der Waals surface area (Å²) in [6.45, 7) is 4.03. The van der Waals surface area contributed by atoms with Crippen molar-refractivity contribution in [1.82, 2.24) is 0 Å². The molecular formula is C32H64O11. The predicted molar refractivity (Wildman–Crippen MR) is 164 cm³/mol. The van der Waals surface area contributed by atoms with E-state index in [1.165, 1.54) is 57.8 Å². The molecule has 11 nitrogen and oxygen atoms in total. The molecule has 43 heavy (non-hydrogen) atoms. The first-order valence-corrected chi connectivity index (χ1v) is 16.9. The van der Waals surface area contributed by atoms with E-state index in [0.29, 0.717) is 6.61 Å². The van der Waals surface area contributed by atoms with Gasteiger partial charge in [0.1, 0.15) is 48.8 Å². The molecule has 9 atom stereocenters. The Morgan fingerprint density at radius 1 is 0.605 bits per heavy atom. The van der Waals surface area contributed by atoms with Crippen LogP contribution in [0.5, 0.6) is 0 Å². The molecule has 0 aliphatic carbocycles. The van der Waals surface area contributed by atoms with Crippen LogP contribution in [0.2, 0.25) is 0 Å². The van der Waals surface area contributed by atoms with Crippen LogP contribution in [-0.2, 0) is 18.9 Å². The zero-order chi connectivity index (χ0) is 31.9. The Hall–Kier alpha value is -0.440. The third kappa shape index (κ3) is 17.2. The largest absolute Gasteiger partial charge is 0.394 e. The minimum absolute atomic E-state index is 0.146. The number of rotatable bonds is 28. The second-order valence-electron chi connectivity index (χ2n) is 12.0. The highest BCUT2D eigenvalue weighted by Gasteiger charge is 2.44. The normalized spacial score (nSPS) is 25.5. The zero-order valence-corrected chi connectivity index (χ0v) is 26.8. The lowest BCUT2D eigenvalue weighted by atomic mass is 9.99. The Balaban J connectivity index is 2.55. The maximum atomic E-state index is 10.9. The average Bonchev–Trinajstić information content (AvgIpc) is 3.01. The molecule has 0 aromatic rings. The highest BCUT2D eigenvalue weighted by molar-refractivity contribution is 4.89. The molecule has 258 valence electrons. The molecule has 0 saturated carbocycles. The maximum absolute atomic E-state index is 10.9. The summed E-state index contributed by atoms with van der Waals surface area (Å²) in [7, 11) is 0. The highest BCUT2D eigenvalue weighted by atomic mass is 16.7. The van der Waals surface area contributed by atoms with Crippen LogP contribution < -0.4 is 0 Å². The summed E-state index contributed by atoms with van der Waals surface area (Å²) in [5.74, 6) is 0. The summed E-state index contributed by atoms with van der Waals surface area (Å²) in [4.78, 5) is 0. The van der Waals surface area contributed by atoms with Crippen molar-refractivity contribution in [2.75, 3.05) is 33.0 Å². The van der Waals surface area contributed by atoms with E-state index in [0.717, 1.165) is 44.9 Å². The van der Waals surface area contributed by atoms with Crippen LogP contribution in [0.25, 0.3) is 0 Å². The molecule has 7 N–H and O–H groups in total. The Morgan fingerprint density at radius 3 is 1.65 bits per heavy atom. The first-order valence-electron chi connectivity index (χ1n) is 16.9. The fraction of sp³-hybridized carbons (Fsp3) is 1.00. The number of hydrogen-bond acceptors (Lipinski definition) is 11. The van der Waals surface area contributed by atoms with Crippen molar-refractivity contribution in [3.8, 4) is 0 Å². The third-order valence-corrected chi connectivity index (χ3v) is 8.16. The molecule has 0 aromatic carbocycles. The summed E-state index contributed by atoms with van der Waals surface area (Å²) >= 11 is 0. The van der Waals surface area contributed by atoms with Crippen LogP contribution in [0.3, 0.4) is 0 Å². The topological polar surface area (TPSA) is 179 Å². The molecule has 1 heterocycles. The van der Waals surface area contributed by atoms with Gasteiger partial charge in [-0.05, 0) is 12.8 Å². The number of hydrogen-bond donors (Lipinski definition) is 7. The van der Waals surface area contributed by atoms with Crippen molar-refractivity contribution in [3.63, 3.8) is 0 Å². The van der Waals surface area contributed by atoms with Gasteiger partial charge in [0.05, 0.1) is 19.8 Å². The molecule has 0 unspecified atom stereocenters. The van der Waals surface area contributed by atoms with E-state index in [-0.39, 0.29) is 19.8 Å². The van der Waals surface area contributed by atoms with E-state index in [4.69, 9.17) is 18.9 Å². The smallest absolute Gasteiger partial charge is 0.186 e. The highest BCUT2D eigenvalue weighted by Crippen LogP contribution is 2.23. The van der Waals surface area contributed by atoms with Gasteiger partial charge in [-0.1, -0.05) is 104 Å². The predicted octanol–water partition coefficient (Wildman–Crippen LogP) is 2.57. The van der Waals surface area contributed by atoms with Gasteiger partial charge in [0.2, 0.25) is 0 Å². The van der Waals surface area contributed by atoms with Gasteiger partial charge in [-0.15, -0.1) is 0 Å². The Bertz CT molecular complexity index is 626. The maximum Gasteiger partial charge on any atom is 0.186 e. The summed E-state index contributed by atoms with van der Waals surface area (Å²) < 4.78 is 22.4. The lowest BCUT2D eigenvalue weighted by molar-refractivity contribution is -0.308. The summed E-state index contributed by atoms with van der Waals surface area (Å²) in [5.41, 5.74) is 0. The van der Waals surface area contributed by atoms with Gasteiger partial charge in [0.25, 0.3) is 0 Å². The van der Waals surface area contributed by atoms with Gasteiger partial charge >= 0.3 is 0 Å². The molecule has 1 aliphatic rings. The lowest BCUT2D eigenvalue weighted by Gasteiger charge is -2.40. The molecule has 1 saturated heterocycles. The molecule has 1 rings (SSSR count). The van der Waals surface area contributed by atoms with Crippen molar-refractivity contribution in [3.05, 3.63) is 0 Å². The number of aliphatic hydroxyl groups excluding tert-OH is 7. The molecule has 1 aliphatic heterocycles. The monoisotopic (exact) mass is 624 g/mol. The van der Waals surface area contributed by atoms with Gasteiger partial charge in [-0.25, -0.2) is 0 Å². The van der Waals surface area contributed by atoms with Gasteiger partial charge in [-0.3, -0.25) is 0 Å². The molecule has 0 spiro atoms. The Kier molecular flexibility index (Phi) is 24.3. The van der Waals surface area contributed by atoms with Gasteiger partial charge in [0.15, 0.2) is 6.29 Å². The number of aliphatic hydroxyl groups is 7. The van der Waals surface area contributed by atoms with Crippen LogP contribution in [0.15, 0.2) is 0 Å². The second-order valence-corrected chi connectivity index (χ2v) is 12.0. The minimum atomic E-state index is -1.61. The molecule has 0 aromatic heterocycles. The fourth-order valence-corrected chi connectivity index (χ4v) is 5.20. The molecular weight excluding hydrogens is 560 g/mol. The van der Waals surface area contributed by atoms with Gasteiger partial charge < -0.3 is 54.7 Å². The van der Waals surface area contributed by atoms with E-state index in [1.807, 2.05) is 0 Å².